The zero-order chi connectivity index (χ0) is 16.7. The fourth-order valence-electron chi connectivity index (χ4n) is 2.76. The molecule has 1 aromatic carbocycles. The molecule has 1 aliphatic heterocycles. The summed E-state index contributed by atoms with van der Waals surface area (Å²) in [6.07, 6.45) is 4.34. The molecule has 0 bridgehead atoms. The Labute approximate surface area is 139 Å². The summed E-state index contributed by atoms with van der Waals surface area (Å²) >= 11 is 0. The van der Waals surface area contributed by atoms with E-state index in [9.17, 15) is 0 Å². The Morgan fingerprint density at radius 2 is 2.09 bits per heavy atom. The molecule has 1 fully saturated rings. The third-order valence-corrected chi connectivity index (χ3v) is 4.04. The van der Waals surface area contributed by atoms with E-state index in [2.05, 4.69) is 18.7 Å². The lowest BCUT2D eigenvalue weighted by Gasteiger charge is -2.25. The molecule has 0 spiro atoms. The first-order valence-electron chi connectivity index (χ1n) is 8.34. The molecule has 128 valence electrons. The maximum absolute atomic E-state index is 6.15. The van der Waals surface area contributed by atoms with Crippen LogP contribution < -0.4 is 5.73 Å². The summed E-state index contributed by atoms with van der Waals surface area (Å²) in [5.41, 5.74) is 7.25. The van der Waals surface area contributed by atoms with Crippen molar-refractivity contribution in [2.24, 2.45) is 5.73 Å². The van der Waals surface area contributed by atoms with Crippen molar-refractivity contribution in [3.8, 4) is 0 Å². The lowest BCUT2D eigenvalue weighted by atomic mass is 10.0. The van der Waals surface area contributed by atoms with Gasteiger partial charge >= 0.3 is 0 Å². The number of nitrogens with two attached hydrogens (primary N) is 1. The lowest BCUT2D eigenvalue weighted by Crippen LogP contribution is -2.34. The van der Waals surface area contributed by atoms with Crippen molar-refractivity contribution >= 4 is 0 Å². The standard InChI is InChI=1S/C19H29NO3/c1-4-8-16(20)11-12-17(18-14-22-19(2,3)23-18)21-13-15-9-6-5-7-10-15/h4-7,9-10,16-18H,1,8,11-14,20H2,2-3H3/t16-,17-,18-/m1/s1. The number of hydrogen-bond acceptors (Lipinski definition) is 4. The van der Waals surface area contributed by atoms with Gasteiger partial charge in [-0.15, -0.1) is 6.58 Å². The molecular weight excluding hydrogens is 290 g/mol. The van der Waals surface area contributed by atoms with Crippen LogP contribution >= 0.6 is 0 Å². The lowest BCUT2D eigenvalue weighted by molar-refractivity contribution is -0.158. The largest absolute Gasteiger partial charge is 0.371 e. The van der Waals surface area contributed by atoms with Gasteiger partial charge < -0.3 is 19.9 Å². The van der Waals surface area contributed by atoms with E-state index >= 15 is 0 Å². The van der Waals surface area contributed by atoms with Crippen LogP contribution in [0.5, 0.6) is 0 Å². The van der Waals surface area contributed by atoms with Gasteiger partial charge in [0, 0.05) is 6.04 Å². The zero-order valence-electron chi connectivity index (χ0n) is 14.2. The summed E-state index contributed by atoms with van der Waals surface area (Å²) < 4.78 is 17.8. The molecule has 0 unspecified atom stereocenters. The second-order valence-electron chi connectivity index (χ2n) is 6.56. The van der Waals surface area contributed by atoms with Gasteiger partial charge in [0.25, 0.3) is 0 Å². The van der Waals surface area contributed by atoms with Gasteiger partial charge in [-0.25, -0.2) is 0 Å². The fourth-order valence-corrected chi connectivity index (χ4v) is 2.76. The van der Waals surface area contributed by atoms with Gasteiger partial charge in [0.05, 0.1) is 19.3 Å². The topological polar surface area (TPSA) is 53.7 Å². The predicted molar refractivity (Wildman–Crippen MR) is 91.9 cm³/mol. The summed E-state index contributed by atoms with van der Waals surface area (Å²) in [6.45, 7) is 8.75. The first-order chi connectivity index (χ1) is 11.0. The smallest absolute Gasteiger partial charge is 0.163 e. The minimum Gasteiger partial charge on any atom is -0.371 e. The first-order valence-corrected chi connectivity index (χ1v) is 8.34. The molecule has 0 saturated carbocycles. The van der Waals surface area contributed by atoms with E-state index in [-0.39, 0.29) is 18.2 Å². The van der Waals surface area contributed by atoms with Crippen molar-refractivity contribution in [2.45, 2.75) is 63.8 Å². The zero-order valence-corrected chi connectivity index (χ0v) is 14.2. The normalized spacial score (nSPS) is 22.7. The molecule has 1 heterocycles. The van der Waals surface area contributed by atoms with Gasteiger partial charge in [-0.2, -0.15) is 0 Å². The third kappa shape index (κ3) is 6.07. The monoisotopic (exact) mass is 319 g/mol. The number of rotatable bonds is 9. The van der Waals surface area contributed by atoms with Gasteiger partial charge in [0.15, 0.2) is 5.79 Å². The van der Waals surface area contributed by atoms with Crippen LogP contribution in [0.1, 0.15) is 38.7 Å². The number of ether oxygens (including phenoxy) is 3. The molecule has 0 radical (unpaired) electrons. The molecule has 3 atom stereocenters. The van der Waals surface area contributed by atoms with Crippen LogP contribution in [0, 0.1) is 0 Å². The average Bonchev–Trinajstić information content (AvgIpc) is 2.88. The van der Waals surface area contributed by atoms with Gasteiger partial charge in [0.2, 0.25) is 0 Å². The molecule has 1 aromatic rings. The molecular formula is C19H29NO3. The van der Waals surface area contributed by atoms with Crippen molar-refractivity contribution in [2.75, 3.05) is 6.61 Å². The maximum atomic E-state index is 6.15. The fraction of sp³-hybridized carbons (Fsp3) is 0.579. The predicted octanol–water partition coefficient (Wildman–Crippen LogP) is 3.41. The van der Waals surface area contributed by atoms with E-state index in [0.717, 1.165) is 24.8 Å². The second kappa shape index (κ2) is 8.60. The van der Waals surface area contributed by atoms with Gasteiger partial charge in [-0.1, -0.05) is 36.4 Å². The summed E-state index contributed by atoms with van der Waals surface area (Å²) in [6, 6.07) is 10.3. The summed E-state index contributed by atoms with van der Waals surface area (Å²) in [5.74, 6) is -0.539. The van der Waals surface area contributed by atoms with Crippen LogP contribution in [0.4, 0.5) is 0 Å². The summed E-state index contributed by atoms with van der Waals surface area (Å²) in [7, 11) is 0. The minimum atomic E-state index is -0.539. The van der Waals surface area contributed by atoms with E-state index in [1.165, 1.54) is 0 Å². The molecule has 23 heavy (non-hydrogen) atoms. The minimum absolute atomic E-state index is 0.0205. The van der Waals surface area contributed by atoms with Crippen molar-refractivity contribution in [3.05, 3.63) is 48.6 Å². The maximum Gasteiger partial charge on any atom is 0.163 e. The van der Waals surface area contributed by atoms with Gasteiger partial charge in [-0.05, 0) is 38.7 Å². The Hall–Kier alpha value is -1.20. The van der Waals surface area contributed by atoms with E-state index < -0.39 is 5.79 Å². The van der Waals surface area contributed by atoms with E-state index in [4.69, 9.17) is 19.9 Å². The van der Waals surface area contributed by atoms with Crippen molar-refractivity contribution in [1.29, 1.82) is 0 Å². The van der Waals surface area contributed by atoms with E-state index in [0.29, 0.717) is 13.2 Å². The van der Waals surface area contributed by atoms with Gasteiger partial charge in [-0.3, -0.25) is 0 Å². The van der Waals surface area contributed by atoms with Crippen LogP contribution in [0.15, 0.2) is 43.0 Å². The Balaban J connectivity index is 1.92. The third-order valence-electron chi connectivity index (χ3n) is 4.04. The Morgan fingerprint density at radius 3 is 2.70 bits per heavy atom. The molecule has 0 amide bonds. The highest BCUT2D eigenvalue weighted by Gasteiger charge is 2.37. The highest BCUT2D eigenvalue weighted by atomic mass is 16.7. The molecule has 2 N–H and O–H groups in total. The van der Waals surface area contributed by atoms with Crippen LogP contribution in [-0.2, 0) is 20.8 Å². The molecule has 2 rings (SSSR count). The molecule has 1 saturated heterocycles. The number of hydrogen-bond donors (Lipinski definition) is 1. The Bertz CT molecular complexity index is 475. The van der Waals surface area contributed by atoms with E-state index in [1.54, 1.807) is 0 Å². The SMILES string of the molecule is C=CC[C@@H](N)CC[C@@H](OCc1ccccc1)[C@H]1COC(C)(C)O1. The van der Waals surface area contributed by atoms with Crippen molar-refractivity contribution < 1.29 is 14.2 Å². The summed E-state index contributed by atoms with van der Waals surface area (Å²) in [5, 5.41) is 0. The van der Waals surface area contributed by atoms with Crippen molar-refractivity contribution in [1.82, 2.24) is 0 Å². The number of benzene rings is 1. The van der Waals surface area contributed by atoms with Crippen molar-refractivity contribution in [3.63, 3.8) is 0 Å². The van der Waals surface area contributed by atoms with Crippen LogP contribution in [0.2, 0.25) is 0 Å². The second-order valence-corrected chi connectivity index (χ2v) is 6.56. The summed E-state index contributed by atoms with van der Waals surface area (Å²) in [4.78, 5) is 0. The Kier molecular flexibility index (Phi) is 6.78. The Morgan fingerprint density at radius 1 is 1.35 bits per heavy atom. The molecule has 4 heteroatoms. The highest BCUT2D eigenvalue weighted by Crippen LogP contribution is 2.28. The van der Waals surface area contributed by atoms with E-state index in [1.807, 2.05) is 38.1 Å². The highest BCUT2D eigenvalue weighted by molar-refractivity contribution is 5.13. The van der Waals surface area contributed by atoms with Crippen LogP contribution in [0.3, 0.4) is 0 Å². The molecule has 0 aromatic heterocycles. The molecule has 0 aliphatic carbocycles. The van der Waals surface area contributed by atoms with Gasteiger partial charge in [0.1, 0.15) is 6.10 Å². The molecule has 1 aliphatic rings. The van der Waals surface area contributed by atoms with Crippen LogP contribution in [0.25, 0.3) is 0 Å². The first kappa shape index (κ1) is 18.1. The molecule has 4 nitrogen and oxygen atoms in total. The van der Waals surface area contributed by atoms with Crippen LogP contribution in [-0.4, -0.2) is 30.6 Å². The quantitative estimate of drug-likeness (QED) is 0.709. The average molecular weight is 319 g/mol.